The van der Waals surface area contributed by atoms with Gasteiger partial charge < -0.3 is 9.73 Å². The minimum atomic E-state index is 0.407. The zero-order valence-corrected chi connectivity index (χ0v) is 10.5. The van der Waals surface area contributed by atoms with Crippen molar-refractivity contribution in [2.24, 2.45) is 0 Å². The van der Waals surface area contributed by atoms with E-state index in [9.17, 15) is 0 Å². The zero-order valence-electron chi connectivity index (χ0n) is 10.5. The number of rotatable bonds is 3. The number of fused-ring (bicyclic) bond motifs is 1. The van der Waals surface area contributed by atoms with Crippen LogP contribution in [0.3, 0.4) is 0 Å². The molecule has 1 atom stereocenters. The number of hydrogen-bond donors (Lipinski definition) is 1. The van der Waals surface area contributed by atoms with Crippen LogP contribution >= 0.6 is 0 Å². The van der Waals surface area contributed by atoms with Crippen LogP contribution in [0.25, 0.3) is 11.6 Å². The average Bonchev–Trinajstić information content (AvgIpc) is 2.93. The third kappa shape index (κ3) is 2.04. The molecule has 2 aromatic heterocycles. The van der Waals surface area contributed by atoms with Gasteiger partial charge >= 0.3 is 0 Å². The first-order chi connectivity index (χ1) is 8.88. The van der Waals surface area contributed by atoms with Crippen molar-refractivity contribution in [3.8, 4) is 11.6 Å². The summed E-state index contributed by atoms with van der Waals surface area (Å²) in [7, 11) is 0. The highest BCUT2D eigenvalue weighted by Crippen LogP contribution is 2.29. The van der Waals surface area contributed by atoms with Crippen LogP contribution in [-0.2, 0) is 6.42 Å². The van der Waals surface area contributed by atoms with Gasteiger partial charge in [0.25, 0.3) is 0 Å². The van der Waals surface area contributed by atoms with E-state index in [0.717, 1.165) is 24.4 Å². The van der Waals surface area contributed by atoms with Crippen molar-refractivity contribution in [1.82, 2.24) is 15.3 Å². The summed E-state index contributed by atoms with van der Waals surface area (Å²) in [6.07, 6.45) is 6.99. The van der Waals surface area contributed by atoms with Crippen molar-refractivity contribution in [1.29, 1.82) is 0 Å². The number of nitrogens with zero attached hydrogens (tertiary/aromatic N) is 2. The molecule has 0 saturated carbocycles. The molecule has 4 heteroatoms. The lowest BCUT2D eigenvalue weighted by atomic mass is 9.92. The molecule has 0 amide bonds. The first-order valence-corrected chi connectivity index (χ1v) is 6.51. The summed E-state index contributed by atoms with van der Waals surface area (Å²) in [5.41, 5.74) is 2.41. The minimum Gasteiger partial charge on any atom is -0.461 e. The molecule has 18 heavy (non-hydrogen) atoms. The molecule has 1 unspecified atom stereocenters. The Morgan fingerprint density at radius 1 is 1.50 bits per heavy atom. The third-order valence-electron chi connectivity index (χ3n) is 3.37. The van der Waals surface area contributed by atoms with Crippen molar-refractivity contribution in [3.05, 3.63) is 35.9 Å². The van der Waals surface area contributed by atoms with Crippen molar-refractivity contribution in [2.45, 2.75) is 32.2 Å². The normalized spacial score (nSPS) is 18.6. The quantitative estimate of drug-likeness (QED) is 0.900. The van der Waals surface area contributed by atoms with Gasteiger partial charge in [0.2, 0.25) is 0 Å². The molecule has 0 aliphatic heterocycles. The second kappa shape index (κ2) is 4.90. The van der Waals surface area contributed by atoms with Crippen LogP contribution in [0, 0.1) is 0 Å². The van der Waals surface area contributed by atoms with E-state index in [4.69, 9.17) is 4.42 Å². The van der Waals surface area contributed by atoms with Crippen LogP contribution in [0.5, 0.6) is 0 Å². The summed E-state index contributed by atoms with van der Waals surface area (Å²) in [5.74, 6) is 1.43. The molecular formula is C14H17N3O. The van der Waals surface area contributed by atoms with Gasteiger partial charge in [0.1, 0.15) is 0 Å². The fraction of sp³-hybridized carbons (Fsp3) is 0.429. The first-order valence-electron chi connectivity index (χ1n) is 6.51. The maximum absolute atomic E-state index is 5.34. The van der Waals surface area contributed by atoms with Gasteiger partial charge in [-0.15, -0.1) is 0 Å². The van der Waals surface area contributed by atoms with Gasteiger partial charge in [-0.25, -0.2) is 9.97 Å². The van der Waals surface area contributed by atoms with E-state index in [-0.39, 0.29) is 0 Å². The predicted molar refractivity (Wildman–Crippen MR) is 69.1 cm³/mol. The van der Waals surface area contributed by atoms with Crippen molar-refractivity contribution in [2.75, 3.05) is 6.54 Å². The second-order valence-corrected chi connectivity index (χ2v) is 4.58. The van der Waals surface area contributed by atoms with E-state index in [1.807, 2.05) is 18.3 Å². The maximum atomic E-state index is 5.34. The molecule has 94 valence electrons. The second-order valence-electron chi connectivity index (χ2n) is 4.58. The minimum absolute atomic E-state index is 0.407. The molecule has 1 aliphatic carbocycles. The largest absolute Gasteiger partial charge is 0.461 e. The highest BCUT2D eigenvalue weighted by atomic mass is 16.3. The SMILES string of the molecule is CCNC1CCCc2nc(-c3ccco3)ncc21. The van der Waals surface area contributed by atoms with Crippen LogP contribution in [-0.4, -0.2) is 16.5 Å². The molecule has 4 nitrogen and oxygen atoms in total. The van der Waals surface area contributed by atoms with E-state index in [1.165, 1.54) is 18.4 Å². The molecule has 0 fully saturated rings. The Balaban J connectivity index is 1.95. The van der Waals surface area contributed by atoms with Gasteiger partial charge in [-0.05, 0) is 37.9 Å². The summed E-state index contributed by atoms with van der Waals surface area (Å²) in [4.78, 5) is 9.07. The highest BCUT2D eigenvalue weighted by molar-refractivity contribution is 5.47. The Bertz CT molecular complexity index is 522. The standard InChI is InChI=1S/C14H17N3O/c1-2-15-11-5-3-6-12-10(11)9-16-14(17-12)13-7-4-8-18-13/h4,7-9,11,15H,2-3,5-6H2,1H3. The zero-order chi connectivity index (χ0) is 12.4. The van der Waals surface area contributed by atoms with Crippen LogP contribution in [0.15, 0.2) is 29.0 Å². The number of nitrogens with one attached hydrogen (secondary N) is 1. The van der Waals surface area contributed by atoms with E-state index in [0.29, 0.717) is 11.9 Å². The van der Waals surface area contributed by atoms with E-state index in [1.54, 1.807) is 6.26 Å². The number of aryl methyl sites for hydroxylation is 1. The topological polar surface area (TPSA) is 51.0 Å². The smallest absolute Gasteiger partial charge is 0.195 e. The molecule has 0 aromatic carbocycles. The molecule has 2 aromatic rings. The van der Waals surface area contributed by atoms with Gasteiger partial charge in [0.15, 0.2) is 11.6 Å². The summed E-state index contributed by atoms with van der Waals surface area (Å²) in [6, 6.07) is 4.16. The van der Waals surface area contributed by atoms with E-state index in [2.05, 4.69) is 22.2 Å². The lowest BCUT2D eigenvalue weighted by molar-refractivity contribution is 0.463. The van der Waals surface area contributed by atoms with Crippen molar-refractivity contribution in [3.63, 3.8) is 0 Å². The van der Waals surface area contributed by atoms with Gasteiger partial charge in [-0.1, -0.05) is 6.92 Å². The van der Waals surface area contributed by atoms with Crippen molar-refractivity contribution < 1.29 is 4.42 Å². The van der Waals surface area contributed by atoms with Gasteiger partial charge in [-0.3, -0.25) is 0 Å². The lowest BCUT2D eigenvalue weighted by Gasteiger charge is -2.25. The summed E-state index contributed by atoms with van der Waals surface area (Å²) in [6.45, 7) is 3.11. The number of hydrogen-bond acceptors (Lipinski definition) is 4. The Labute approximate surface area is 106 Å². The van der Waals surface area contributed by atoms with Crippen LogP contribution in [0.2, 0.25) is 0 Å². The van der Waals surface area contributed by atoms with Crippen LogP contribution in [0.4, 0.5) is 0 Å². The summed E-state index contributed by atoms with van der Waals surface area (Å²) in [5, 5.41) is 3.49. The molecule has 1 aliphatic rings. The summed E-state index contributed by atoms with van der Waals surface area (Å²) >= 11 is 0. The Kier molecular flexibility index (Phi) is 3.11. The highest BCUT2D eigenvalue weighted by Gasteiger charge is 2.21. The molecule has 0 spiro atoms. The monoisotopic (exact) mass is 243 g/mol. The predicted octanol–water partition coefficient (Wildman–Crippen LogP) is 2.72. The first kappa shape index (κ1) is 11.4. The van der Waals surface area contributed by atoms with Gasteiger partial charge in [0, 0.05) is 23.5 Å². The third-order valence-corrected chi connectivity index (χ3v) is 3.37. The lowest BCUT2D eigenvalue weighted by Crippen LogP contribution is -2.25. The van der Waals surface area contributed by atoms with Crippen molar-refractivity contribution >= 4 is 0 Å². The fourth-order valence-electron chi connectivity index (χ4n) is 2.53. The fourth-order valence-corrected chi connectivity index (χ4v) is 2.53. The van der Waals surface area contributed by atoms with Crippen LogP contribution in [0.1, 0.15) is 37.1 Å². The molecule has 0 bridgehead atoms. The Morgan fingerprint density at radius 2 is 2.44 bits per heavy atom. The number of furan rings is 1. The van der Waals surface area contributed by atoms with E-state index >= 15 is 0 Å². The molecule has 0 saturated heterocycles. The van der Waals surface area contributed by atoms with E-state index < -0.39 is 0 Å². The van der Waals surface area contributed by atoms with Crippen LogP contribution < -0.4 is 5.32 Å². The Morgan fingerprint density at radius 3 is 3.22 bits per heavy atom. The van der Waals surface area contributed by atoms with Gasteiger partial charge in [0.05, 0.1) is 6.26 Å². The molecular weight excluding hydrogens is 226 g/mol. The molecule has 1 N–H and O–H groups in total. The van der Waals surface area contributed by atoms with Gasteiger partial charge in [-0.2, -0.15) is 0 Å². The number of aromatic nitrogens is 2. The molecule has 0 radical (unpaired) electrons. The maximum Gasteiger partial charge on any atom is 0.195 e. The molecule has 2 heterocycles. The summed E-state index contributed by atoms with van der Waals surface area (Å²) < 4.78 is 5.34. The average molecular weight is 243 g/mol. The Hall–Kier alpha value is -1.68. The molecule has 3 rings (SSSR count).